The third kappa shape index (κ3) is 13.9. The Hall–Kier alpha value is 1.83. The predicted octanol–water partition coefficient (Wildman–Crippen LogP) is 10.8. The zero-order valence-corrected chi connectivity index (χ0v) is 32.4. The molecule has 0 aromatic rings. The van der Waals surface area contributed by atoms with Gasteiger partial charge < -0.3 is 21.1 Å². The van der Waals surface area contributed by atoms with Crippen molar-refractivity contribution >= 4 is 27.5 Å². The summed E-state index contributed by atoms with van der Waals surface area (Å²) in [5.41, 5.74) is 0. The van der Waals surface area contributed by atoms with Crippen molar-refractivity contribution in [1.29, 1.82) is 0 Å². The van der Waals surface area contributed by atoms with E-state index in [9.17, 15) is 10.3 Å². The van der Waals surface area contributed by atoms with E-state index in [0.717, 1.165) is 0 Å². The summed E-state index contributed by atoms with van der Waals surface area (Å²) in [4.78, 5) is 0. The Kier molecular flexibility index (Phi) is 30.5. The molecule has 0 saturated heterocycles. The van der Waals surface area contributed by atoms with E-state index in [1.165, 1.54) is 0 Å². The van der Waals surface area contributed by atoms with E-state index < -0.39 is 14.1 Å². The molecule has 0 rings (SSSR count). The van der Waals surface area contributed by atoms with Crippen LogP contribution in [0.1, 0.15) is 125 Å². The summed E-state index contributed by atoms with van der Waals surface area (Å²) in [6, 6.07) is 0. The summed E-state index contributed by atoms with van der Waals surface area (Å²) >= 11 is 0. The van der Waals surface area contributed by atoms with Gasteiger partial charge in [-0.2, -0.15) is 0 Å². The molecular formula is C26H58Co4N4P2-2. The summed E-state index contributed by atoms with van der Waals surface area (Å²) in [6.07, 6.45) is 0. The smallest absolute Gasteiger partial charge is 0.817 e. The standard InChI is InChI=1S/2C12H27NP.2CH2N.4Co/c2*1-10(2,3)14(13,11(4,5)6)12(7,8)9;2*1-2;;;;/h2*1-9H3;2*1H2;;;;/q4*-1;;;;+2. The fraction of sp³-hybridized carbons (Fsp3) is 0.923. The summed E-state index contributed by atoms with van der Waals surface area (Å²) in [5.74, 6) is 0. The fourth-order valence-electron chi connectivity index (χ4n) is 6.04. The number of nitrogens with zero attached hydrogens (tertiary/aromatic N) is 4. The van der Waals surface area contributed by atoms with Gasteiger partial charge in [-0.15, -0.1) is 0 Å². The van der Waals surface area contributed by atoms with Gasteiger partial charge in [0.15, 0.2) is 0 Å². The average Bonchev–Trinajstić information content (AvgIpc) is 2.51. The number of rotatable bonds is 0. The molecule has 10 heteroatoms. The van der Waals surface area contributed by atoms with Crippen molar-refractivity contribution in [3.63, 3.8) is 0 Å². The second-order valence-electron chi connectivity index (χ2n) is 14.3. The van der Waals surface area contributed by atoms with Crippen LogP contribution in [0.4, 0.5) is 0 Å². The quantitative estimate of drug-likeness (QED) is 0.176. The van der Waals surface area contributed by atoms with Crippen LogP contribution in [0.2, 0.25) is 0 Å². The molecule has 36 heavy (non-hydrogen) atoms. The molecule has 0 amide bonds. The van der Waals surface area contributed by atoms with Crippen molar-refractivity contribution in [3.05, 3.63) is 21.1 Å². The topological polar surface area (TPSA) is 89.2 Å². The largest absolute Gasteiger partial charge is 2.00 e. The van der Waals surface area contributed by atoms with Gasteiger partial charge in [0, 0.05) is 50.3 Å². The van der Waals surface area contributed by atoms with Crippen LogP contribution < -0.4 is 0 Å². The van der Waals surface area contributed by atoms with Crippen LogP contribution in [0.15, 0.2) is 0 Å². The zero-order valence-electron chi connectivity index (χ0n) is 26.4. The van der Waals surface area contributed by atoms with Gasteiger partial charge in [0.25, 0.3) is 0 Å². The van der Waals surface area contributed by atoms with E-state index in [1.54, 1.807) is 0 Å². The van der Waals surface area contributed by atoms with E-state index in [-0.39, 0.29) is 98.1 Å². The molecule has 230 valence electrons. The first kappa shape index (κ1) is 57.7. The summed E-state index contributed by atoms with van der Waals surface area (Å²) in [7, 11) is -4.04. The normalized spacial score (nSPS) is 12.5. The van der Waals surface area contributed by atoms with Gasteiger partial charge in [-0.1, -0.05) is 125 Å². The van der Waals surface area contributed by atoms with Crippen molar-refractivity contribution in [2.45, 2.75) is 156 Å². The second-order valence-corrected chi connectivity index (χ2v) is 24.9. The molecule has 4 radical (unpaired) electrons. The Bertz CT molecular complexity index is 513. The molecule has 0 atom stereocenters. The van der Waals surface area contributed by atoms with Crippen LogP contribution in [-0.2, 0) is 67.1 Å². The van der Waals surface area contributed by atoms with E-state index in [4.69, 9.17) is 10.8 Å². The first-order valence-corrected chi connectivity index (χ1v) is 14.9. The molecule has 0 N–H and O–H groups in total. The fourth-order valence-corrected chi connectivity index (χ4v) is 18.1. The Morgan fingerprint density at radius 1 is 0.333 bits per heavy atom. The van der Waals surface area contributed by atoms with E-state index in [2.05, 4.69) is 138 Å². The van der Waals surface area contributed by atoms with Crippen LogP contribution in [0.3, 0.4) is 0 Å². The number of hydrogen-bond donors (Lipinski definition) is 0. The Morgan fingerprint density at radius 3 is 0.389 bits per heavy atom. The first-order valence-electron chi connectivity index (χ1n) is 11.4. The summed E-state index contributed by atoms with van der Waals surface area (Å²) < 4.78 is 0. The molecule has 0 heterocycles. The minimum atomic E-state index is -2.02. The van der Waals surface area contributed by atoms with Crippen molar-refractivity contribution in [3.8, 4) is 0 Å². The Labute approximate surface area is 269 Å². The maximum absolute atomic E-state index is 11.1. The molecular weight excluding hydrogens is 666 g/mol. The van der Waals surface area contributed by atoms with Crippen molar-refractivity contribution in [1.82, 2.24) is 0 Å². The molecule has 0 spiro atoms. The third-order valence-corrected chi connectivity index (χ3v) is 17.5. The third-order valence-electron chi connectivity index (χ3n) is 5.82. The molecule has 0 aliphatic heterocycles. The van der Waals surface area contributed by atoms with Gasteiger partial charge in [0.2, 0.25) is 0 Å². The molecule has 0 aromatic carbocycles. The van der Waals surface area contributed by atoms with Crippen LogP contribution in [0, 0.1) is 0 Å². The number of hydrogen-bond acceptors (Lipinski definition) is 0. The van der Waals surface area contributed by atoms with Crippen molar-refractivity contribution in [2.24, 2.45) is 0 Å². The van der Waals surface area contributed by atoms with Gasteiger partial charge in [0.05, 0.1) is 0 Å². The van der Waals surface area contributed by atoms with E-state index in [0.29, 0.717) is 0 Å². The molecule has 0 saturated carbocycles. The SMILES string of the molecule is C=[N-].C=[N-].CC(C)(C)P(=[N-])(C(C)(C)C)C(C)(C)C.CC(C)(C)P(=[N-])(C(C)(C)C)C(C)(C)C.[Co+2].[Co].[Co].[Co]. The van der Waals surface area contributed by atoms with Crippen molar-refractivity contribution in [2.75, 3.05) is 0 Å². The van der Waals surface area contributed by atoms with Crippen LogP contribution in [0.5, 0.6) is 0 Å². The average molecular weight is 724 g/mol. The minimum absolute atomic E-state index is 0. The van der Waals surface area contributed by atoms with E-state index in [1.807, 2.05) is 0 Å². The Morgan fingerprint density at radius 2 is 0.389 bits per heavy atom. The molecule has 0 aliphatic rings. The van der Waals surface area contributed by atoms with Crippen LogP contribution >= 0.6 is 14.1 Å². The predicted molar refractivity (Wildman–Crippen MR) is 160 cm³/mol. The maximum atomic E-state index is 11.1. The van der Waals surface area contributed by atoms with Gasteiger partial charge in [-0.05, 0) is 30.9 Å². The second kappa shape index (κ2) is 19.0. The Balaban J connectivity index is -0.0000000579. The van der Waals surface area contributed by atoms with Crippen LogP contribution in [-0.4, -0.2) is 44.4 Å². The molecule has 0 aliphatic carbocycles. The summed E-state index contributed by atoms with van der Waals surface area (Å²) in [5, 5.41) is 35.7. The van der Waals surface area contributed by atoms with Gasteiger partial charge in [-0.3, -0.25) is 0 Å². The monoisotopic (exact) mass is 724 g/mol. The van der Waals surface area contributed by atoms with Crippen molar-refractivity contribution < 1.29 is 67.1 Å². The molecule has 4 nitrogen and oxygen atoms in total. The minimum Gasteiger partial charge on any atom is -0.817 e. The van der Waals surface area contributed by atoms with Gasteiger partial charge in [0.1, 0.15) is 0 Å². The first-order chi connectivity index (χ1) is 13.5. The van der Waals surface area contributed by atoms with Gasteiger partial charge >= 0.3 is 16.8 Å². The molecule has 0 fully saturated rings. The van der Waals surface area contributed by atoms with E-state index >= 15 is 0 Å². The van der Waals surface area contributed by atoms with Crippen LogP contribution in [0.25, 0.3) is 21.1 Å². The summed E-state index contributed by atoms with van der Waals surface area (Å²) in [6.45, 7) is 43.5. The molecule has 0 unspecified atom stereocenters. The molecule has 0 aromatic heterocycles. The maximum Gasteiger partial charge on any atom is 2.00 e. The van der Waals surface area contributed by atoms with Gasteiger partial charge in [-0.25, -0.2) is 27.5 Å². The molecule has 0 bridgehead atoms. The zero-order chi connectivity index (χ0) is 28.0.